The number of rotatable bonds is 18. The maximum absolute atomic E-state index is 11.1. The molecule has 0 aromatic carbocycles. The lowest BCUT2D eigenvalue weighted by molar-refractivity contribution is -0.383. The SMILES string of the molecule is CC1O[C@H](CO)[C@@H](O[C@H]2OC(CO)C(OC3O[C@H](CO)C(OC4OC(C)[C@@H](N[C@@H]5C(O)[C@@H](O)C(O)[C@@H](CO)[C@H]5O)C(O)[C@H]4O)[C@H](O)[C@H]3O)C(O)[C@H]2O)[C@H](O)C1O.CO[C@H](C(O)CO)[C@H](O)[C@@H](O)C=O.S.S.S.S.S.S.S.S.S. The van der Waals surface area contributed by atoms with Crippen molar-refractivity contribution in [1.82, 2.24) is 5.32 Å². The number of carbonyl (C=O) groups excluding carboxylic acids is 1. The van der Waals surface area contributed by atoms with Crippen molar-refractivity contribution in [3.63, 3.8) is 0 Å². The van der Waals surface area contributed by atoms with Crippen molar-refractivity contribution in [2.24, 2.45) is 5.92 Å². The minimum atomic E-state index is -2.04. The normalized spacial score (nSPS) is 42.6. The van der Waals surface area contributed by atoms with Gasteiger partial charge in [-0.25, -0.2) is 0 Å². The maximum Gasteiger partial charge on any atom is 0.187 e. The van der Waals surface area contributed by atoms with Gasteiger partial charge in [-0.2, -0.15) is 121 Å². The monoisotopic (exact) mass is 1320 g/mol. The Labute approximate surface area is 512 Å². The molecule has 4 aliphatic heterocycles. The topological polar surface area (TPSA) is 508 Å². The highest BCUT2D eigenvalue weighted by atomic mass is 32.1. The van der Waals surface area contributed by atoms with Crippen LogP contribution in [0.4, 0.5) is 0 Å². The Hall–Kier alpha value is 1.66. The van der Waals surface area contributed by atoms with Gasteiger partial charge in [0.25, 0.3) is 0 Å². The Morgan fingerprint density at radius 3 is 1.19 bits per heavy atom. The number of aliphatic hydroxyl groups excluding tert-OH is 20. The van der Waals surface area contributed by atoms with Crippen LogP contribution in [0.1, 0.15) is 13.8 Å². The van der Waals surface area contributed by atoms with Crippen molar-refractivity contribution in [1.29, 1.82) is 0 Å². The van der Waals surface area contributed by atoms with Crippen molar-refractivity contribution in [2.75, 3.05) is 40.1 Å². The molecule has 0 aromatic rings. The number of nitrogens with one attached hydrogen (secondary N) is 1. The van der Waals surface area contributed by atoms with E-state index in [0.717, 1.165) is 0 Å². The molecule has 4 heterocycles. The minimum Gasteiger partial charge on any atom is -0.396 e. The Morgan fingerprint density at radius 1 is 0.449 bits per heavy atom. The molecule has 1 saturated carbocycles. The van der Waals surface area contributed by atoms with Gasteiger partial charge in [0.2, 0.25) is 0 Å². The second-order valence-electron chi connectivity index (χ2n) is 17.5. The van der Waals surface area contributed by atoms with E-state index in [2.05, 4.69) is 10.1 Å². The summed E-state index contributed by atoms with van der Waals surface area (Å²) in [6.07, 6.45) is -43.8. The van der Waals surface area contributed by atoms with E-state index < -0.39 is 216 Å². The molecular formula is C39H89NO29S9. The van der Waals surface area contributed by atoms with E-state index in [1.807, 2.05) is 0 Å². The molecule has 39 heteroatoms. The lowest BCUT2D eigenvalue weighted by Crippen LogP contribution is -2.72. The van der Waals surface area contributed by atoms with Gasteiger partial charge < -0.3 is 150 Å². The molecule has 0 aromatic heterocycles. The number of ether oxygens (including phenoxy) is 8. The number of aliphatic hydroxyl groups is 20. The van der Waals surface area contributed by atoms with Gasteiger partial charge in [-0.1, -0.05) is 0 Å². The summed E-state index contributed by atoms with van der Waals surface area (Å²) in [5.74, 6) is -1.28. The van der Waals surface area contributed by atoms with Crippen LogP contribution in [0.25, 0.3) is 0 Å². The fourth-order valence-corrected chi connectivity index (χ4v) is 8.82. The first kappa shape index (κ1) is 90.8. The van der Waals surface area contributed by atoms with Crippen molar-refractivity contribution in [2.45, 2.75) is 191 Å². The number of carbonyl (C=O) groups is 1. The molecule has 0 amide bonds. The second-order valence-corrected chi connectivity index (χ2v) is 17.5. The molecule has 5 rings (SSSR count). The minimum absolute atomic E-state index is 0. The van der Waals surface area contributed by atoms with Gasteiger partial charge in [0.05, 0.1) is 69.5 Å². The molecule has 78 heavy (non-hydrogen) atoms. The van der Waals surface area contributed by atoms with E-state index in [9.17, 15) is 91.6 Å². The van der Waals surface area contributed by atoms with Crippen molar-refractivity contribution in [3.05, 3.63) is 0 Å². The molecule has 5 fully saturated rings. The molecule has 21 N–H and O–H groups in total. The van der Waals surface area contributed by atoms with E-state index in [-0.39, 0.29) is 128 Å². The van der Waals surface area contributed by atoms with Gasteiger partial charge in [0.1, 0.15) is 122 Å². The molecule has 1 aliphatic carbocycles. The summed E-state index contributed by atoms with van der Waals surface area (Å²) in [5.41, 5.74) is 0. The van der Waals surface area contributed by atoms with Crippen LogP contribution in [0.3, 0.4) is 0 Å². The van der Waals surface area contributed by atoms with E-state index in [0.29, 0.717) is 0 Å². The maximum atomic E-state index is 11.1. The highest BCUT2D eigenvalue weighted by Gasteiger charge is 2.56. The van der Waals surface area contributed by atoms with Gasteiger partial charge in [0.15, 0.2) is 25.2 Å². The summed E-state index contributed by atoms with van der Waals surface area (Å²) in [7, 11) is 1.18. The first-order valence-electron chi connectivity index (χ1n) is 22.1. The smallest absolute Gasteiger partial charge is 0.187 e. The highest BCUT2D eigenvalue weighted by Crippen LogP contribution is 2.35. The lowest BCUT2D eigenvalue weighted by atomic mass is 9.76. The fourth-order valence-electron chi connectivity index (χ4n) is 8.82. The van der Waals surface area contributed by atoms with Crippen molar-refractivity contribution < 1.29 is 145 Å². The summed E-state index contributed by atoms with van der Waals surface area (Å²) < 4.78 is 44.0. The van der Waals surface area contributed by atoms with Crippen molar-refractivity contribution in [3.8, 4) is 0 Å². The average Bonchev–Trinajstić information content (AvgIpc) is 3.33. The van der Waals surface area contributed by atoms with E-state index in [4.69, 9.17) is 48.5 Å². The second kappa shape index (κ2) is 41.7. The zero-order chi connectivity index (χ0) is 51.9. The summed E-state index contributed by atoms with van der Waals surface area (Å²) >= 11 is 0. The van der Waals surface area contributed by atoms with Crippen LogP contribution in [0.15, 0.2) is 0 Å². The van der Waals surface area contributed by atoms with Gasteiger partial charge in [-0.15, -0.1) is 0 Å². The number of methoxy groups -OCH3 is 1. The van der Waals surface area contributed by atoms with Crippen LogP contribution in [0.5, 0.6) is 0 Å². The van der Waals surface area contributed by atoms with Gasteiger partial charge in [-0.3, -0.25) is 0 Å². The van der Waals surface area contributed by atoms with E-state index in [1.165, 1.54) is 21.0 Å². The standard InChI is InChI=1S/C32H57NO23.C7H14O6.9H2S/c1-7-13(33-14-16(39)9(3-34)17(40)20(43)19(14)42)18(41)24(47)30(51-7)54-28-11(5-36)52-32(25(48)22(28)45)56-29-12(6-37)53-31(26(49)23(29)46)55-27-10(4-35)50-8(2)15(38)21(27)44;1-13-7(5(11)3-9)6(12)4(10)2-8;;;;;;;;;/h7-49H,3-6H2,1-2H3;2,4-7,9-12H,3H2,1H3;9*1H2/t7?,8?,9-,10+,11+,12?,13+,14-,15?,16+,17?,18?,19?,20-,21+,22+,23?,24+,25+,26+,27+,28?,29?,30?,31+,32?;4-,5?,6+,7+;;;;;;;;;/m00........./s1. The Morgan fingerprint density at radius 2 is 0.821 bits per heavy atom. The first-order chi connectivity index (χ1) is 32.5. The third-order valence-corrected chi connectivity index (χ3v) is 13.0. The summed E-state index contributed by atoms with van der Waals surface area (Å²) in [5, 5.41) is 206. The zero-order valence-electron chi connectivity index (χ0n) is 42.1. The molecule has 30 atom stereocenters. The van der Waals surface area contributed by atoms with Crippen molar-refractivity contribution >= 4 is 128 Å². The molecule has 478 valence electrons. The zero-order valence-corrected chi connectivity index (χ0v) is 51.1. The largest absolute Gasteiger partial charge is 0.396 e. The molecule has 13 unspecified atom stereocenters. The summed E-state index contributed by atoms with van der Waals surface area (Å²) in [6, 6.07) is -2.68. The van der Waals surface area contributed by atoms with Crippen LogP contribution in [0, 0.1) is 5.92 Å². The number of aldehydes is 1. The fraction of sp³-hybridized carbons (Fsp3) is 0.974. The molecule has 0 bridgehead atoms. The third-order valence-electron chi connectivity index (χ3n) is 13.0. The highest BCUT2D eigenvalue weighted by molar-refractivity contribution is 7.60. The molecule has 5 aliphatic rings. The van der Waals surface area contributed by atoms with Gasteiger partial charge in [0, 0.05) is 13.0 Å². The molecular weight excluding hydrogens is 1240 g/mol. The van der Waals surface area contributed by atoms with Crippen LogP contribution >= 0.6 is 121 Å². The third kappa shape index (κ3) is 20.9. The van der Waals surface area contributed by atoms with Crippen LogP contribution in [-0.4, -0.2) is 326 Å². The molecule has 0 spiro atoms. The molecule has 4 saturated heterocycles. The number of hydrogen-bond acceptors (Lipinski definition) is 30. The summed E-state index contributed by atoms with van der Waals surface area (Å²) in [4.78, 5) is 10.1. The molecule has 30 nitrogen and oxygen atoms in total. The number of hydrogen-bond donors (Lipinski definition) is 21. The predicted octanol–water partition coefficient (Wildman–Crippen LogP) is -12.3. The Balaban J connectivity index is -0.000000524. The van der Waals surface area contributed by atoms with Crippen LogP contribution in [-0.2, 0) is 42.7 Å². The van der Waals surface area contributed by atoms with Gasteiger partial charge >= 0.3 is 0 Å². The Bertz CT molecular complexity index is 1550. The van der Waals surface area contributed by atoms with E-state index >= 15 is 0 Å². The van der Waals surface area contributed by atoms with E-state index in [1.54, 1.807) is 0 Å². The van der Waals surface area contributed by atoms with Crippen LogP contribution < -0.4 is 5.32 Å². The molecule has 0 radical (unpaired) electrons. The lowest BCUT2D eigenvalue weighted by Gasteiger charge is -2.50. The predicted molar refractivity (Wildman–Crippen MR) is 311 cm³/mol. The first-order valence-corrected chi connectivity index (χ1v) is 22.1. The quantitative estimate of drug-likeness (QED) is 0.0567. The summed E-state index contributed by atoms with van der Waals surface area (Å²) in [6.45, 7) is -1.01. The van der Waals surface area contributed by atoms with Crippen LogP contribution in [0.2, 0.25) is 0 Å². The van der Waals surface area contributed by atoms with Gasteiger partial charge in [-0.05, 0) is 13.8 Å². The Kier molecular flexibility index (Phi) is 48.6. The average molecular weight is 1320 g/mol.